The van der Waals surface area contributed by atoms with Gasteiger partial charge in [-0.1, -0.05) is 109 Å². The van der Waals surface area contributed by atoms with E-state index in [1.807, 2.05) is 115 Å². The predicted molar refractivity (Wildman–Crippen MR) is 198 cm³/mol. The van der Waals surface area contributed by atoms with Crippen molar-refractivity contribution in [3.05, 3.63) is 166 Å². The molecule has 1 aliphatic rings. The van der Waals surface area contributed by atoms with Crippen LogP contribution in [0, 0.1) is 0 Å². The number of ether oxygens (including phenoxy) is 5. The van der Waals surface area contributed by atoms with Crippen molar-refractivity contribution in [3.63, 3.8) is 0 Å². The van der Waals surface area contributed by atoms with E-state index >= 15 is 4.39 Å². The van der Waals surface area contributed by atoms with Crippen molar-refractivity contribution < 1.29 is 33.2 Å². The molecule has 0 spiro atoms. The van der Waals surface area contributed by atoms with Crippen LogP contribution in [0.15, 0.2) is 133 Å². The molecular formula is C43H41FO6S. The van der Waals surface area contributed by atoms with Crippen LogP contribution in [-0.4, -0.2) is 43.3 Å². The van der Waals surface area contributed by atoms with Crippen LogP contribution >= 0.6 is 11.3 Å². The quantitative estimate of drug-likeness (QED) is 0.122. The minimum atomic E-state index is -1.65. The second kappa shape index (κ2) is 16.6. The number of fused-ring (bicyclic) bond motifs is 1. The molecule has 262 valence electrons. The fourth-order valence-corrected chi connectivity index (χ4v) is 7.64. The molecule has 0 amide bonds. The second-order valence-corrected chi connectivity index (χ2v) is 13.8. The maximum Gasteiger partial charge on any atom is 0.157 e. The number of aliphatic hydroxyl groups excluding tert-OH is 1. The lowest BCUT2D eigenvalue weighted by Gasteiger charge is -2.43. The van der Waals surface area contributed by atoms with E-state index in [1.165, 1.54) is 15.0 Å². The van der Waals surface area contributed by atoms with Gasteiger partial charge < -0.3 is 28.8 Å². The van der Waals surface area contributed by atoms with E-state index < -0.39 is 37.2 Å². The number of rotatable bonds is 14. The minimum absolute atomic E-state index is 0.166. The minimum Gasteiger partial charge on any atom is -0.496 e. The number of hydrogen-bond donors (Lipinski definition) is 1. The second-order valence-electron chi connectivity index (χ2n) is 12.6. The third kappa shape index (κ3) is 8.33. The smallest absolute Gasteiger partial charge is 0.157 e. The molecule has 6 nitrogen and oxygen atoms in total. The SMILES string of the molecule is COc1cc(OCc2ccccc2)c([C@@H]2O[C@H](CO)[C@@H](F)[C@H](OCc3ccccc3)[C@H]2OCc2ccccc2)cc1Cc1cc2ccccc2s1. The van der Waals surface area contributed by atoms with Crippen LogP contribution in [0.4, 0.5) is 4.39 Å². The molecule has 1 fully saturated rings. The summed E-state index contributed by atoms with van der Waals surface area (Å²) in [4.78, 5) is 1.17. The van der Waals surface area contributed by atoms with Crippen LogP contribution in [0.25, 0.3) is 10.1 Å². The Hall–Kier alpha value is -4.57. The van der Waals surface area contributed by atoms with Gasteiger partial charge in [0.05, 0.1) is 26.9 Å². The van der Waals surface area contributed by atoms with Crippen molar-refractivity contribution in [2.45, 2.75) is 56.8 Å². The summed E-state index contributed by atoms with van der Waals surface area (Å²) < 4.78 is 49.6. The lowest BCUT2D eigenvalue weighted by Crippen LogP contribution is -2.55. The Labute approximate surface area is 302 Å². The van der Waals surface area contributed by atoms with Gasteiger partial charge in [0.25, 0.3) is 0 Å². The van der Waals surface area contributed by atoms with Crippen molar-refractivity contribution in [1.29, 1.82) is 0 Å². The van der Waals surface area contributed by atoms with Crippen LogP contribution in [-0.2, 0) is 40.5 Å². The van der Waals surface area contributed by atoms with Gasteiger partial charge in [-0.25, -0.2) is 4.39 Å². The molecule has 51 heavy (non-hydrogen) atoms. The van der Waals surface area contributed by atoms with Gasteiger partial charge in [0, 0.05) is 27.6 Å². The van der Waals surface area contributed by atoms with Crippen LogP contribution in [0.3, 0.4) is 0 Å². The van der Waals surface area contributed by atoms with Gasteiger partial charge in [0.1, 0.15) is 42.5 Å². The van der Waals surface area contributed by atoms with E-state index in [4.69, 9.17) is 23.7 Å². The topological polar surface area (TPSA) is 66.4 Å². The number of benzene rings is 5. The monoisotopic (exact) mass is 704 g/mol. The fraction of sp³-hybridized carbons (Fsp3) is 0.256. The highest BCUT2D eigenvalue weighted by Crippen LogP contribution is 2.44. The predicted octanol–water partition coefficient (Wildman–Crippen LogP) is 9.02. The van der Waals surface area contributed by atoms with Crippen molar-refractivity contribution in [2.75, 3.05) is 13.7 Å². The van der Waals surface area contributed by atoms with Gasteiger partial charge in [-0.05, 0) is 45.8 Å². The molecule has 5 atom stereocenters. The van der Waals surface area contributed by atoms with Gasteiger partial charge in [-0.3, -0.25) is 0 Å². The van der Waals surface area contributed by atoms with Crippen LogP contribution in [0.1, 0.15) is 38.8 Å². The number of methoxy groups -OCH3 is 1. The van der Waals surface area contributed by atoms with Gasteiger partial charge in [0.2, 0.25) is 0 Å². The summed E-state index contributed by atoms with van der Waals surface area (Å²) in [5, 5.41) is 11.6. The normalized spacial score (nSPS) is 20.3. The van der Waals surface area contributed by atoms with E-state index in [0.29, 0.717) is 23.5 Å². The molecule has 0 unspecified atom stereocenters. The maximum absolute atomic E-state index is 16.4. The first kappa shape index (κ1) is 34.9. The Morgan fingerprint density at radius 2 is 1.27 bits per heavy atom. The van der Waals surface area contributed by atoms with Crippen molar-refractivity contribution >= 4 is 21.4 Å². The molecule has 1 N–H and O–H groups in total. The summed E-state index contributed by atoms with van der Waals surface area (Å²) in [5.74, 6) is 1.18. The molecule has 2 heterocycles. The molecule has 1 aromatic heterocycles. The third-order valence-electron chi connectivity index (χ3n) is 9.16. The summed E-state index contributed by atoms with van der Waals surface area (Å²) in [6.45, 7) is 0.133. The molecule has 1 aliphatic heterocycles. The first-order valence-electron chi connectivity index (χ1n) is 17.2. The highest BCUT2D eigenvalue weighted by atomic mass is 32.1. The lowest BCUT2D eigenvalue weighted by molar-refractivity contribution is -0.245. The van der Waals surface area contributed by atoms with Crippen LogP contribution < -0.4 is 9.47 Å². The zero-order valence-corrected chi connectivity index (χ0v) is 29.2. The first-order valence-corrected chi connectivity index (χ1v) is 18.0. The average molecular weight is 705 g/mol. The van der Waals surface area contributed by atoms with Gasteiger partial charge in [0.15, 0.2) is 6.17 Å². The van der Waals surface area contributed by atoms with Gasteiger partial charge in [-0.2, -0.15) is 0 Å². The summed E-state index contributed by atoms with van der Waals surface area (Å²) in [5.41, 5.74) is 4.40. The summed E-state index contributed by atoms with van der Waals surface area (Å²) in [6.07, 6.45) is -5.00. The Kier molecular flexibility index (Phi) is 11.4. The molecule has 5 aromatic carbocycles. The van der Waals surface area contributed by atoms with E-state index in [-0.39, 0.29) is 19.8 Å². The highest BCUT2D eigenvalue weighted by Gasteiger charge is 2.49. The molecule has 0 radical (unpaired) electrons. The number of thiophene rings is 1. The molecule has 8 heteroatoms. The Morgan fingerprint density at radius 3 is 1.88 bits per heavy atom. The molecule has 1 saturated heterocycles. The Bertz CT molecular complexity index is 1950. The average Bonchev–Trinajstić information content (AvgIpc) is 3.59. The largest absolute Gasteiger partial charge is 0.496 e. The number of hydrogen-bond acceptors (Lipinski definition) is 7. The molecular weight excluding hydrogens is 664 g/mol. The molecule has 7 rings (SSSR count). The molecule has 0 saturated carbocycles. The van der Waals surface area contributed by atoms with Gasteiger partial charge in [-0.15, -0.1) is 11.3 Å². The molecule has 0 aliphatic carbocycles. The van der Waals surface area contributed by atoms with Crippen LogP contribution in [0.5, 0.6) is 11.5 Å². The summed E-state index contributed by atoms with van der Waals surface area (Å²) >= 11 is 1.73. The van der Waals surface area contributed by atoms with Crippen LogP contribution in [0.2, 0.25) is 0 Å². The number of alkyl halides is 1. The van der Waals surface area contributed by atoms with E-state index in [1.54, 1.807) is 18.4 Å². The zero-order valence-electron chi connectivity index (χ0n) is 28.4. The number of aliphatic hydroxyl groups is 1. The zero-order chi connectivity index (χ0) is 35.0. The van der Waals surface area contributed by atoms with Crippen molar-refractivity contribution in [2.24, 2.45) is 0 Å². The molecule has 6 aromatic rings. The molecule has 0 bridgehead atoms. The first-order chi connectivity index (χ1) is 25.1. The van der Waals surface area contributed by atoms with Crippen molar-refractivity contribution in [1.82, 2.24) is 0 Å². The third-order valence-corrected chi connectivity index (χ3v) is 10.3. The fourth-order valence-electron chi connectivity index (χ4n) is 6.55. The van der Waals surface area contributed by atoms with Gasteiger partial charge >= 0.3 is 0 Å². The van der Waals surface area contributed by atoms with E-state index in [9.17, 15) is 5.11 Å². The Morgan fingerprint density at radius 1 is 0.686 bits per heavy atom. The van der Waals surface area contributed by atoms with E-state index in [0.717, 1.165) is 22.3 Å². The number of halogens is 1. The summed E-state index contributed by atoms with van der Waals surface area (Å²) in [7, 11) is 1.65. The maximum atomic E-state index is 16.4. The van der Waals surface area contributed by atoms with E-state index in [2.05, 4.69) is 18.2 Å². The lowest BCUT2D eigenvalue weighted by atomic mass is 9.89. The van der Waals surface area contributed by atoms with Crippen molar-refractivity contribution in [3.8, 4) is 11.5 Å². The standard InChI is InChI=1S/C43H41FO6S/c1-46-36-24-37(47-26-29-13-5-2-6-14-29)35(23-33(36)22-34-21-32-19-11-12-20-39(32)51-34)41-43(49-28-31-17-9-4-10-18-31)42(40(44)38(25-45)50-41)48-27-30-15-7-3-8-16-30/h2-21,23-24,38,40-43,45H,22,25-28H2,1H3/t38-,40-,41+,42+,43+/m1/s1. The highest BCUT2D eigenvalue weighted by molar-refractivity contribution is 7.19. The summed E-state index contributed by atoms with van der Waals surface area (Å²) in [6, 6.07) is 43.7. The Balaban J connectivity index is 1.30.